The summed E-state index contributed by atoms with van der Waals surface area (Å²) in [6, 6.07) is 54.7. The molecule has 0 unspecified atom stereocenters. The molecule has 6 heterocycles. The molecule has 0 saturated carbocycles. The van der Waals surface area contributed by atoms with Crippen molar-refractivity contribution in [1.29, 1.82) is 0 Å². The second kappa shape index (κ2) is 19.8. The van der Waals surface area contributed by atoms with Crippen LogP contribution in [0.4, 0.5) is 38.5 Å². The van der Waals surface area contributed by atoms with E-state index in [0.29, 0.717) is 0 Å². The van der Waals surface area contributed by atoms with Crippen molar-refractivity contribution in [3.63, 3.8) is 0 Å². The van der Waals surface area contributed by atoms with Gasteiger partial charge >= 0.3 is 0 Å². The molecule has 4 aliphatic rings. The number of aryl methyl sites for hydroxylation is 2. The van der Waals surface area contributed by atoms with E-state index in [-0.39, 0.29) is 54.3 Å². The molecule has 0 aliphatic carbocycles. The van der Waals surface area contributed by atoms with Crippen molar-refractivity contribution in [1.82, 2.24) is 9.97 Å². The largest absolute Gasteiger partial charge is 0.309 e. The van der Waals surface area contributed by atoms with E-state index in [4.69, 9.17) is 4.98 Å². The molecule has 0 atom stereocenters. The van der Waals surface area contributed by atoms with Crippen LogP contribution in [0.25, 0.3) is 33.6 Å². The number of aromatic nitrogens is 2. The Balaban J connectivity index is 0.000000357. The number of anilines is 6. The number of benzene rings is 7. The Labute approximate surface area is 490 Å². The summed E-state index contributed by atoms with van der Waals surface area (Å²) in [6.45, 7) is 32.2. The molecule has 79 heavy (non-hydrogen) atoms. The van der Waals surface area contributed by atoms with E-state index in [1.54, 1.807) is 6.07 Å². The SMILES string of the molecule is CC(C)(C)c1ccc2c(c1)Sc1cc(C(C)(C)C)cc3c1N2c1cc(-c2ccc(-c4[c-]cccc4)nc2)cc2c1B3c1cc(C(C)(C)C)cc3c1N2c1ccc(C(C)(C)C)cc1S3.Cc1cnc(-c2[c-]cc(F)cc2)cc1C.[Ir]. The van der Waals surface area contributed by atoms with Gasteiger partial charge in [-0.15, -0.1) is 65.7 Å². The fourth-order valence-electron chi connectivity index (χ4n) is 11.2. The van der Waals surface area contributed by atoms with Gasteiger partial charge in [0, 0.05) is 69.3 Å². The number of hydrogen-bond acceptors (Lipinski definition) is 6. The number of hydrogen-bond donors (Lipinski definition) is 0. The third-order valence-electron chi connectivity index (χ3n) is 16.0. The Hall–Kier alpha value is -6.22. The zero-order chi connectivity index (χ0) is 55.0. The number of fused-ring (bicyclic) bond motifs is 8. The summed E-state index contributed by atoms with van der Waals surface area (Å²) >= 11 is 3.91. The number of nitrogens with zero attached hydrogens (tertiary/aromatic N) is 4. The molecule has 9 aromatic rings. The maximum Gasteiger partial charge on any atom is 0.252 e. The van der Waals surface area contributed by atoms with Crippen LogP contribution < -0.4 is 26.2 Å². The van der Waals surface area contributed by atoms with Gasteiger partial charge in [0.05, 0.1) is 22.7 Å². The number of rotatable bonds is 3. The number of halogens is 1. The van der Waals surface area contributed by atoms with E-state index >= 15 is 0 Å². The minimum atomic E-state index is -0.275. The molecular weight excluding hydrogens is 1180 g/mol. The van der Waals surface area contributed by atoms with Crippen LogP contribution in [0.15, 0.2) is 165 Å². The van der Waals surface area contributed by atoms with E-state index in [1.165, 1.54) is 110 Å². The first-order valence-corrected chi connectivity index (χ1v) is 28.9. The van der Waals surface area contributed by atoms with E-state index in [9.17, 15) is 4.39 Å². The summed E-state index contributed by atoms with van der Waals surface area (Å²) in [4.78, 5) is 19.9. The van der Waals surface area contributed by atoms with Gasteiger partial charge in [-0.25, -0.2) is 0 Å². The quantitative estimate of drug-likeness (QED) is 0.129. The summed E-state index contributed by atoms with van der Waals surface area (Å²) in [6.07, 6.45) is 3.88. The first-order chi connectivity index (χ1) is 36.9. The second-order valence-electron chi connectivity index (χ2n) is 25.7. The van der Waals surface area contributed by atoms with Crippen molar-refractivity contribution < 1.29 is 24.5 Å². The standard InChI is InChI=1S/C57H55BN3S2.C13H11FN.Ir/c1-54(2,3)36-19-22-43-47(28-36)62-49-30-38(56(7,8)9)26-40-52(49)60(43)45-24-35(34-18-21-42(59-32-34)33-16-14-13-15-17-33)25-46-51(45)58(40)41-27-39(57(10,11)12)31-50-53(41)61(46)44-23-20-37(55(4,5)6)29-48(44)63-50;1-9-7-13(15-8-10(9)2)11-3-5-12(14)6-4-11;/h13-16,18-32H,1-12H3;3,5-8H,1-2H3;/q2*-1;. The average molecular weight is 1250 g/mol. The predicted octanol–water partition coefficient (Wildman–Crippen LogP) is 17.7. The van der Waals surface area contributed by atoms with Gasteiger partial charge in [0.1, 0.15) is 0 Å². The molecule has 0 saturated heterocycles. The molecule has 1 radical (unpaired) electrons. The van der Waals surface area contributed by atoms with Crippen molar-refractivity contribution in [2.75, 3.05) is 9.80 Å². The molecule has 0 spiro atoms. The fourth-order valence-corrected chi connectivity index (χ4v) is 13.6. The first kappa shape index (κ1) is 54.7. The maximum absolute atomic E-state index is 12.7. The summed E-state index contributed by atoms with van der Waals surface area (Å²) in [5.41, 5.74) is 25.4. The average Bonchev–Trinajstić information content (AvgIpc) is 2.73. The smallest absolute Gasteiger partial charge is 0.252 e. The van der Waals surface area contributed by atoms with Crippen molar-refractivity contribution in [2.45, 2.75) is 138 Å². The van der Waals surface area contributed by atoms with Gasteiger partial charge < -0.3 is 19.8 Å². The Morgan fingerprint density at radius 3 is 1.44 bits per heavy atom. The van der Waals surface area contributed by atoms with E-state index in [0.717, 1.165) is 39.2 Å². The molecule has 399 valence electrons. The van der Waals surface area contributed by atoms with Crippen LogP contribution in [0.5, 0.6) is 0 Å². The Bertz CT molecular complexity index is 3720. The first-order valence-electron chi connectivity index (χ1n) is 27.2. The van der Waals surface area contributed by atoms with Crippen LogP contribution in [-0.2, 0) is 41.8 Å². The molecule has 7 aromatic carbocycles. The third-order valence-corrected chi connectivity index (χ3v) is 18.2. The normalized spacial score (nSPS) is 13.7. The zero-order valence-corrected chi connectivity index (χ0v) is 51.8. The van der Waals surface area contributed by atoms with Crippen molar-refractivity contribution in [2.24, 2.45) is 0 Å². The minimum absolute atomic E-state index is 0. The van der Waals surface area contributed by atoms with Gasteiger partial charge in [0.15, 0.2) is 0 Å². The molecule has 4 aliphatic heterocycles. The van der Waals surface area contributed by atoms with Gasteiger partial charge in [0.2, 0.25) is 0 Å². The Kier molecular flexibility index (Phi) is 13.7. The van der Waals surface area contributed by atoms with Gasteiger partial charge in [0.25, 0.3) is 6.71 Å². The topological polar surface area (TPSA) is 32.3 Å². The fraction of sp³-hybridized carbons (Fsp3) is 0.257. The molecule has 4 nitrogen and oxygen atoms in total. The van der Waals surface area contributed by atoms with Crippen molar-refractivity contribution in [3.8, 4) is 33.6 Å². The van der Waals surface area contributed by atoms with Crippen LogP contribution in [0.2, 0.25) is 0 Å². The van der Waals surface area contributed by atoms with Crippen LogP contribution in [0, 0.1) is 31.8 Å². The monoisotopic (exact) mass is 1250 g/mol. The van der Waals surface area contributed by atoms with Gasteiger partial charge in [-0.2, -0.15) is 0 Å². The van der Waals surface area contributed by atoms with E-state index < -0.39 is 0 Å². The Morgan fingerprint density at radius 2 is 0.987 bits per heavy atom. The summed E-state index contributed by atoms with van der Waals surface area (Å²) < 4.78 is 12.7. The summed E-state index contributed by atoms with van der Waals surface area (Å²) in [5.74, 6) is -0.275. The molecule has 0 fully saturated rings. The predicted molar refractivity (Wildman–Crippen MR) is 329 cm³/mol. The van der Waals surface area contributed by atoms with Crippen LogP contribution in [0.1, 0.15) is 116 Å². The van der Waals surface area contributed by atoms with Crippen molar-refractivity contribution in [3.05, 3.63) is 197 Å². The number of pyridine rings is 2. The molecule has 9 heteroatoms. The van der Waals surface area contributed by atoms with Crippen LogP contribution in [-0.4, -0.2) is 16.7 Å². The molecule has 13 rings (SSSR count). The third kappa shape index (κ3) is 9.81. The zero-order valence-electron chi connectivity index (χ0n) is 47.8. The molecule has 0 bridgehead atoms. The van der Waals surface area contributed by atoms with Gasteiger partial charge in [-0.05, 0) is 151 Å². The van der Waals surface area contributed by atoms with Crippen LogP contribution >= 0.6 is 23.5 Å². The maximum atomic E-state index is 12.7. The van der Waals surface area contributed by atoms with Crippen molar-refractivity contribution >= 4 is 80.7 Å². The molecule has 0 amide bonds. The molecule has 0 N–H and O–H groups in total. The van der Waals surface area contributed by atoms with Gasteiger partial charge in [-0.3, -0.25) is 4.39 Å². The second-order valence-corrected chi connectivity index (χ2v) is 27.9. The van der Waals surface area contributed by atoms with Crippen LogP contribution in [0.3, 0.4) is 0 Å². The molecule has 2 aromatic heterocycles. The Morgan fingerprint density at radius 1 is 0.468 bits per heavy atom. The van der Waals surface area contributed by atoms with E-state index in [2.05, 4.69) is 213 Å². The summed E-state index contributed by atoms with van der Waals surface area (Å²) in [5, 5.41) is 0. The van der Waals surface area contributed by atoms with E-state index in [1.807, 2.05) is 61.8 Å². The molecular formula is C70H66BFIrN4S2-2. The van der Waals surface area contributed by atoms with Gasteiger partial charge in [-0.1, -0.05) is 155 Å². The summed E-state index contributed by atoms with van der Waals surface area (Å²) in [7, 11) is 0. The minimum Gasteiger partial charge on any atom is -0.309 e.